The van der Waals surface area contributed by atoms with Crippen molar-refractivity contribution in [3.8, 4) is 0 Å². The van der Waals surface area contributed by atoms with Crippen LogP contribution in [0, 0.1) is 0 Å². The lowest BCUT2D eigenvalue weighted by Crippen LogP contribution is -2.61. The number of rotatable bonds is 53. The van der Waals surface area contributed by atoms with Crippen LogP contribution in [0.2, 0.25) is 0 Å². The lowest BCUT2D eigenvalue weighted by Gasteiger charge is -2.41. The normalized spacial score (nSPS) is 19.5. The molecule has 1 rings (SSSR count). The van der Waals surface area contributed by atoms with Gasteiger partial charge in [-0.3, -0.25) is 9.59 Å². The van der Waals surface area contributed by atoms with Gasteiger partial charge in [-0.05, 0) is 70.6 Å². The number of carbonyl (C=O) groups is 2. The van der Waals surface area contributed by atoms with Crippen LogP contribution < -0.4 is 5.32 Å². The van der Waals surface area contributed by atoms with Crippen molar-refractivity contribution in [2.24, 2.45) is 0 Å². The van der Waals surface area contributed by atoms with Crippen LogP contribution in [0.15, 0.2) is 72.9 Å². The number of esters is 1. The van der Waals surface area contributed by atoms with Gasteiger partial charge in [-0.2, -0.15) is 0 Å². The molecule has 446 valence electrons. The molecule has 11 nitrogen and oxygen atoms in total. The average Bonchev–Trinajstić information content (AvgIpc) is 3.43. The van der Waals surface area contributed by atoms with Crippen molar-refractivity contribution in [1.82, 2.24) is 5.32 Å². The number of ether oxygens (including phenoxy) is 3. The first-order chi connectivity index (χ1) is 37.7. The number of hydrogen-bond donors (Lipinski definition) is 6. The maximum atomic E-state index is 13.4. The molecule has 8 unspecified atom stereocenters. The standard InChI is InChI=1S/C66H117NO10/c1-4-7-10-13-16-19-22-25-27-28-29-30-31-33-35-38-41-44-47-50-53-59(70)65(74)67-57(58(69)52-49-46-43-40-37-34-24-21-18-15-12-9-6-3)56-75-66-64(63(73)62(72)60(55-68)76-66)77-61(71)54-51-48-45-42-39-36-32-26-23-20-17-14-11-8-5-2/h7,10,16,19,25,27,29-30,33,35,49,52,57-60,62-64,66,68-70,72-73H,4-6,8-9,11-15,17-18,20-24,26,28,31-32,34,36-48,50-51,53-56H2,1-3H3,(H,67,74)/b10-7-,19-16-,27-25-,30-29-,35-33-,52-49+. The Bertz CT molecular complexity index is 1530. The Kier molecular flexibility index (Phi) is 50.3. The van der Waals surface area contributed by atoms with Crippen LogP contribution in [-0.2, 0) is 23.8 Å². The van der Waals surface area contributed by atoms with E-state index in [9.17, 15) is 35.1 Å². The Morgan fingerprint density at radius 1 is 0.519 bits per heavy atom. The van der Waals surface area contributed by atoms with Gasteiger partial charge in [0.15, 0.2) is 12.4 Å². The van der Waals surface area contributed by atoms with Crippen molar-refractivity contribution >= 4 is 11.9 Å². The molecule has 0 radical (unpaired) electrons. The molecule has 1 fully saturated rings. The molecule has 0 aromatic rings. The topological polar surface area (TPSA) is 175 Å². The summed E-state index contributed by atoms with van der Waals surface area (Å²) in [6.07, 6.45) is 57.9. The predicted molar refractivity (Wildman–Crippen MR) is 319 cm³/mol. The summed E-state index contributed by atoms with van der Waals surface area (Å²) in [5, 5.41) is 57.0. The Hall–Kier alpha value is -2.90. The third-order valence-corrected chi connectivity index (χ3v) is 14.6. The van der Waals surface area contributed by atoms with Crippen LogP contribution in [-0.4, -0.2) is 99.6 Å². The number of unbranched alkanes of at least 4 members (excludes halogenated alkanes) is 29. The zero-order valence-electron chi connectivity index (χ0n) is 49.3. The summed E-state index contributed by atoms with van der Waals surface area (Å²) >= 11 is 0. The quantitative estimate of drug-likeness (QED) is 0.0195. The van der Waals surface area contributed by atoms with E-state index < -0.39 is 67.4 Å². The summed E-state index contributed by atoms with van der Waals surface area (Å²) in [6.45, 7) is 5.68. The highest BCUT2D eigenvalue weighted by Crippen LogP contribution is 2.26. The van der Waals surface area contributed by atoms with Gasteiger partial charge < -0.3 is 45.1 Å². The van der Waals surface area contributed by atoms with Crippen molar-refractivity contribution in [2.75, 3.05) is 13.2 Å². The number of hydrogen-bond acceptors (Lipinski definition) is 10. The molecule has 6 N–H and O–H groups in total. The largest absolute Gasteiger partial charge is 0.454 e. The van der Waals surface area contributed by atoms with Crippen molar-refractivity contribution in [2.45, 2.75) is 320 Å². The van der Waals surface area contributed by atoms with Gasteiger partial charge in [0, 0.05) is 6.42 Å². The molecule has 77 heavy (non-hydrogen) atoms. The van der Waals surface area contributed by atoms with Gasteiger partial charge in [0.25, 0.3) is 0 Å². The van der Waals surface area contributed by atoms with E-state index in [0.717, 1.165) is 96.3 Å². The molecule has 1 amide bonds. The molecule has 1 aliphatic heterocycles. The fraction of sp³-hybridized carbons (Fsp3) is 0.788. The van der Waals surface area contributed by atoms with Crippen LogP contribution in [0.1, 0.15) is 271 Å². The molecular weight excluding hydrogens is 967 g/mol. The molecule has 1 saturated heterocycles. The highest BCUT2D eigenvalue weighted by atomic mass is 16.7. The van der Waals surface area contributed by atoms with E-state index >= 15 is 0 Å². The fourth-order valence-electron chi connectivity index (χ4n) is 9.62. The van der Waals surface area contributed by atoms with E-state index in [-0.39, 0.29) is 19.4 Å². The SMILES string of the molecule is CC/C=C\C/C=C\C/C=C\C/C=C\C/C=C\CCCCCCC(O)C(=O)NC(COC1OC(CO)C(O)C(O)C1OC(=O)CCCCCCCCCCCCCCCCC)C(O)/C=C/CCCCCCCCCCCCC. The summed E-state index contributed by atoms with van der Waals surface area (Å²) in [4.78, 5) is 26.6. The van der Waals surface area contributed by atoms with E-state index in [1.54, 1.807) is 6.08 Å². The Morgan fingerprint density at radius 3 is 1.40 bits per heavy atom. The summed E-state index contributed by atoms with van der Waals surface area (Å²) in [7, 11) is 0. The minimum absolute atomic E-state index is 0.122. The molecule has 1 aliphatic rings. The Morgan fingerprint density at radius 2 is 0.935 bits per heavy atom. The smallest absolute Gasteiger partial charge is 0.306 e. The van der Waals surface area contributed by atoms with Crippen molar-refractivity contribution in [3.05, 3.63) is 72.9 Å². The lowest BCUT2D eigenvalue weighted by atomic mass is 9.99. The molecule has 11 heteroatoms. The zero-order valence-corrected chi connectivity index (χ0v) is 49.3. The van der Waals surface area contributed by atoms with Gasteiger partial charge in [0.05, 0.1) is 25.4 Å². The molecule has 0 aromatic carbocycles. The van der Waals surface area contributed by atoms with Gasteiger partial charge in [-0.25, -0.2) is 0 Å². The van der Waals surface area contributed by atoms with Crippen LogP contribution in [0.3, 0.4) is 0 Å². The van der Waals surface area contributed by atoms with Crippen molar-refractivity contribution in [1.29, 1.82) is 0 Å². The number of aliphatic hydroxyl groups is 5. The summed E-state index contributed by atoms with van der Waals surface area (Å²) in [5.41, 5.74) is 0. The lowest BCUT2D eigenvalue weighted by molar-refractivity contribution is -0.305. The van der Waals surface area contributed by atoms with E-state index in [4.69, 9.17) is 14.2 Å². The van der Waals surface area contributed by atoms with Crippen LogP contribution in [0.25, 0.3) is 0 Å². The highest BCUT2D eigenvalue weighted by Gasteiger charge is 2.47. The molecule has 0 saturated carbocycles. The third-order valence-electron chi connectivity index (χ3n) is 14.6. The monoisotopic (exact) mass is 1080 g/mol. The Balaban J connectivity index is 2.70. The van der Waals surface area contributed by atoms with E-state index in [1.807, 2.05) is 6.08 Å². The number of carbonyl (C=O) groups excluding carboxylic acids is 2. The van der Waals surface area contributed by atoms with Gasteiger partial charge >= 0.3 is 5.97 Å². The highest BCUT2D eigenvalue weighted by molar-refractivity contribution is 5.80. The molecule has 8 atom stereocenters. The summed E-state index contributed by atoms with van der Waals surface area (Å²) in [5.74, 6) is -1.21. The number of aliphatic hydroxyl groups excluding tert-OH is 5. The second kappa shape index (κ2) is 53.7. The van der Waals surface area contributed by atoms with Crippen molar-refractivity contribution in [3.63, 3.8) is 0 Å². The molecular formula is C66H117NO10. The molecule has 0 bridgehead atoms. The number of nitrogens with one attached hydrogen (secondary N) is 1. The molecule has 1 heterocycles. The number of amides is 1. The molecule has 0 aliphatic carbocycles. The van der Waals surface area contributed by atoms with Crippen LogP contribution in [0.5, 0.6) is 0 Å². The second-order valence-corrected chi connectivity index (χ2v) is 21.8. The van der Waals surface area contributed by atoms with Gasteiger partial charge in [-0.15, -0.1) is 0 Å². The van der Waals surface area contributed by atoms with Crippen molar-refractivity contribution < 1.29 is 49.3 Å². The van der Waals surface area contributed by atoms with Gasteiger partial charge in [-0.1, -0.05) is 267 Å². The number of allylic oxidation sites excluding steroid dienone is 11. The maximum Gasteiger partial charge on any atom is 0.306 e. The van der Waals surface area contributed by atoms with Crippen LogP contribution in [0.4, 0.5) is 0 Å². The second-order valence-electron chi connectivity index (χ2n) is 21.8. The first kappa shape index (κ1) is 72.1. The third kappa shape index (κ3) is 41.7. The predicted octanol–water partition coefficient (Wildman–Crippen LogP) is 15.2. The first-order valence-corrected chi connectivity index (χ1v) is 31.7. The van der Waals surface area contributed by atoms with E-state index in [2.05, 4.69) is 86.8 Å². The minimum atomic E-state index is -1.62. The van der Waals surface area contributed by atoms with Gasteiger partial charge in [0.1, 0.15) is 24.4 Å². The fourth-order valence-corrected chi connectivity index (χ4v) is 9.62. The van der Waals surface area contributed by atoms with Gasteiger partial charge in [0.2, 0.25) is 5.91 Å². The maximum absolute atomic E-state index is 13.4. The first-order valence-electron chi connectivity index (χ1n) is 31.7. The van der Waals surface area contributed by atoms with E-state index in [1.165, 1.54) is 128 Å². The molecule has 0 spiro atoms. The minimum Gasteiger partial charge on any atom is -0.454 e. The van der Waals surface area contributed by atoms with Crippen LogP contribution >= 0.6 is 0 Å². The Labute approximate surface area is 471 Å². The average molecular weight is 1080 g/mol. The van der Waals surface area contributed by atoms with E-state index in [0.29, 0.717) is 12.8 Å². The summed E-state index contributed by atoms with van der Waals surface area (Å²) in [6, 6.07) is -1.04. The zero-order chi connectivity index (χ0) is 56.1. The summed E-state index contributed by atoms with van der Waals surface area (Å²) < 4.78 is 17.6. The molecule has 0 aromatic heterocycles.